The van der Waals surface area contributed by atoms with Gasteiger partial charge in [-0.2, -0.15) is 12.7 Å². The van der Waals surface area contributed by atoms with Crippen LogP contribution in [0.5, 0.6) is 17.2 Å². The fraction of sp³-hybridized carbons (Fsp3) is 0.387. The topological polar surface area (TPSA) is 122 Å². The first kappa shape index (κ1) is 28.9. The van der Waals surface area contributed by atoms with Crippen LogP contribution in [0.15, 0.2) is 48.5 Å². The maximum Gasteiger partial charge on any atom is 0.385 e. The van der Waals surface area contributed by atoms with Crippen molar-refractivity contribution in [2.45, 2.75) is 58.7 Å². The highest BCUT2D eigenvalue weighted by molar-refractivity contribution is 7.84. The molecular formula is C31H34N4O7S. The maximum atomic E-state index is 13.2. The van der Waals surface area contributed by atoms with Gasteiger partial charge in [0.05, 0.1) is 32.3 Å². The fourth-order valence-corrected chi connectivity index (χ4v) is 6.91. The van der Waals surface area contributed by atoms with Gasteiger partial charge in [0.15, 0.2) is 0 Å². The van der Waals surface area contributed by atoms with E-state index < -0.39 is 10.3 Å². The van der Waals surface area contributed by atoms with Crippen molar-refractivity contribution in [3.63, 3.8) is 0 Å². The zero-order valence-electron chi connectivity index (χ0n) is 24.4. The van der Waals surface area contributed by atoms with Crippen LogP contribution in [0.4, 0.5) is 0 Å². The Morgan fingerprint density at radius 3 is 2.72 bits per heavy atom. The number of esters is 1. The van der Waals surface area contributed by atoms with Crippen LogP contribution in [-0.4, -0.2) is 54.0 Å². The summed E-state index contributed by atoms with van der Waals surface area (Å²) in [5, 5.41) is 8.92. The molecule has 3 aliphatic heterocycles. The van der Waals surface area contributed by atoms with Crippen LogP contribution in [0.1, 0.15) is 59.9 Å². The number of nitrogens with zero attached hydrogens (tertiary/aromatic N) is 4. The van der Waals surface area contributed by atoms with Gasteiger partial charge in [0.2, 0.25) is 0 Å². The molecule has 2 atom stereocenters. The van der Waals surface area contributed by atoms with Crippen LogP contribution in [0.2, 0.25) is 0 Å². The third-order valence-electron chi connectivity index (χ3n) is 8.01. The summed E-state index contributed by atoms with van der Waals surface area (Å²) in [6.45, 7) is 5.32. The fourth-order valence-electron chi connectivity index (χ4n) is 5.82. The Bertz CT molecular complexity index is 1790. The third-order valence-corrected chi connectivity index (χ3v) is 9.29. The zero-order chi connectivity index (χ0) is 30.1. The lowest BCUT2D eigenvalue weighted by Crippen LogP contribution is -2.37. The Kier molecular flexibility index (Phi) is 7.97. The number of hydrogen-bond acceptors (Lipinski definition) is 9. The van der Waals surface area contributed by atoms with E-state index in [4.69, 9.17) is 18.4 Å². The van der Waals surface area contributed by atoms with Crippen molar-refractivity contribution < 1.29 is 31.6 Å². The number of methoxy groups -OCH3 is 1. The number of carbonyl (C=O) groups excluding carboxylic acids is 1. The number of aromatic nitrogens is 3. The summed E-state index contributed by atoms with van der Waals surface area (Å²) in [6, 6.07) is 14.8. The van der Waals surface area contributed by atoms with Gasteiger partial charge in [0.25, 0.3) is 0 Å². The Morgan fingerprint density at radius 2 is 1.91 bits per heavy atom. The molecule has 226 valence electrons. The molecule has 3 aromatic carbocycles. The van der Waals surface area contributed by atoms with E-state index >= 15 is 0 Å². The lowest BCUT2D eigenvalue weighted by molar-refractivity contribution is -0.143. The first-order valence-corrected chi connectivity index (χ1v) is 15.7. The molecule has 9 bridgehead atoms. The van der Waals surface area contributed by atoms with Gasteiger partial charge in [0, 0.05) is 36.7 Å². The van der Waals surface area contributed by atoms with Gasteiger partial charge in [-0.1, -0.05) is 23.4 Å². The highest BCUT2D eigenvalue weighted by Gasteiger charge is 2.33. The number of benzene rings is 3. The van der Waals surface area contributed by atoms with Gasteiger partial charge in [-0.15, -0.1) is 5.10 Å². The van der Waals surface area contributed by atoms with Crippen molar-refractivity contribution in [2.75, 3.05) is 20.3 Å². The molecule has 0 aliphatic carbocycles. The van der Waals surface area contributed by atoms with Crippen molar-refractivity contribution in [3.05, 3.63) is 76.3 Å². The molecule has 3 aliphatic rings. The van der Waals surface area contributed by atoms with E-state index in [1.165, 1.54) is 4.31 Å². The number of ether oxygens (including phenoxy) is 3. The van der Waals surface area contributed by atoms with Crippen LogP contribution in [0.3, 0.4) is 0 Å². The molecule has 0 saturated heterocycles. The van der Waals surface area contributed by atoms with Crippen LogP contribution in [0, 0.1) is 6.92 Å². The van der Waals surface area contributed by atoms with Crippen molar-refractivity contribution in [3.8, 4) is 17.2 Å². The summed E-state index contributed by atoms with van der Waals surface area (Å²) in [6.07, 6.45) is 1.73. The number of hydrogen-bond donors (Lipinski definition) is 0. The van der Waals surface area contributed by atoms with Crippen LogP contribution in [-0.2, 0) is 39.5 Å². The Labute approximate surface area is 250 Å². The third kappa shape index (κ3) is 5.76. The number of fused-ring (bicyclic) bond motifs is 5. The molecule has 0 fully saturated rings. The van der Waals surface area contributed by atoms with Gasteiger partial charge in [-0.05, 0) is 73.7 Å². The average molecular weight is 607 g/mol. The first-order chi connectivity index (χ1) is 20.8. The van der Waals surface area contributed by atoms with Gasteiger partial charge in [0.1, 0.15) is 22.8 Å². The van der Waals surface area contributed by atoms with Gasteiger partial charge < -0.3 is 18.4 Å². The normalized spacial score (nSPS) is 19.5. The largest absolute Gasteiger partial charge is 0.496 e. The molecular weight excluding hydrogens is 572 g/mol. The molecule has 0 spiro atoms. The van der Waals surface area contributed by atoms with Crippen molar-refractivity contribution in [1.82, 2.24) is 19.3 Å². The summed E-state index contributed by atoms with van der Waals surface area (Å²) in [5.41, 5.74) is 5.70. The van der Waals surface area contributed by atoms with E-state index in [0.717, 1.165) is 40.6 Å². The smallest absolute Gasteiger partial charge is 0.385 e. The molecule has 43 heavy (non-hydrogen) atoms. The maximum absolute atomic E-state index is 13.2. The van der Waals surface area contributed by atoms with E-state index in [9.17, 15) is 13.2 Å². The average Bonchev–Trinajstić information content (AvgIpc) is 3.40. The Balaban J connectivity index is 1.48. The molecule has 4 heterocycles. The van der Waals surface area contributed by atoms with E-state index in [0.29, 0.717) is 35.8 Å². The second kappa shape index (κ2) is 11.8. The SMILES string of the molecule is CCOC(=O)CC1c2ccc(OC)c(c2)CN2Cc3cc(ccc3OS2(=O)=O)OCCCCn2nnc3c(C)c1ccc32. The molecule has 11 nitrogen and oxygen atoms in total. The van der Waals surface area contributed by atoms with Crippen LogP contribution in [0.25, 0.3) is 11.0 Å². The molecule has 12 heteroatoms. The van der Waals surface area contributed by atoms with Crippen LogP contribution >= 0.6 is 0 Å². The highest BCUT2D eigenvalue weighted by Crippen LogP contribution is 2.38. The molecule has 0 N–H and O–H groups in total. The summed E-state index contributed by atoms with van der Waals surface area (Å²) < 4.78 is 52.1. The van der Waals surface area contributed by atoms with Gasteiger partial charge >= 0.3 is 16.3 Å². The lowest BCUT2D eigenvalue weighted by atomic mass is 9.84. The van der Waals surface area contributed by atoms with Crippen molar-refractivity contribution >= 4 is 27.3 Å². The number of carbonyl (C=O) groups is 1. The standard InChI is InChI=1S/C31H34N4O7S/c1-4-40-30(36)17-26-21-7-11-28(39-3)22(15-21)18-34-19-23-16-24(8-12-29(23)42-43(34,37)38)41-14-6-5-13-35-27-10-9-25(26)20(2)31(27)32-33-35/h7-12,15-16,26H,4-6,13-14,17-19H2,1-3H3. The molecule has 0 radical (unpaired) electrons. The molecule has 4 aromatic rings. The van der Waals surface area contributed by atoms with E-state index in [1.807, 2.05) is 41.9 Å². The molecule has 0 saturated carbocycles. The summed E-state index contributed by atoms with van der Waals surface area (Å²) in [4.78, 5) is 12.9. The second-order valence-corrected chi connectivity index (χ2v) is 12.3. The minimum atomic E-state index is -4.08. The highest BCUT2D eigenvalue weighted by atomic mass is 32.2. The Hall–Kier alpha value is -4.16. The van der Waals surface area contributed by atoms with E-state index in [2.05, 4.69) is 10.3 Å². The quantitative estimate of drug-likeness (QED) is 0.306. The molecule has 0 amide bonds. The lowest BCUT2D eigenvalue weighted by Gasteiger charge is -2.29. The predicted octanol–water partition coefficient (Wildman–Crippen LogP) is 4.65. The zero-order valence-corrected chi connectivity index (χ0v) is 25.2. The van der Waals surface area contributed by atoms with Crippen molar-refractivity contribution in [2.24, 2.45) is 0 Å². The predicted molar refractivity (Wildman–Crippen MR) is 158 cm³/mol. The summed E-state index contributed by atoms with van der Waals surface area (Å²) >= 11 is 0. The number of rotatable bonds is 4. The number of aryl methyl sites for hydroxylation is 2. The monoisotopic (exact) mass is 606 g/mol. The van der Waals surface area contributed by atoms with Gasteiger partial charge in [-0.3, -0.25) is 4.79 Å². The molecule has 7 rings (SSSR count). The Morgan fingerprint density at radius 1 is 1.07 bits per heavy atom. The molecule has 2 unspecified atom stereocenters. The summed E-state index contributed by atoms with van der Waals surface area (Å²) in [5.74, 6) is 0.748. The van der Waals surface area contributed by atoms with Gasteiger partial charge in [-0.25, -0.2) is 4.68 Å². The second-order valence-electron chi connectivity index (χ2n) is 10.7. The minimum Gasteiger partial charge on any atom is -0.496 e. The van der Waals surface area contributed by atoms with E-state index in [1.54, 1.807) is 32.2 Å². The molecule has 1 aromatic heterocycles. The minimum absolute atomic E-state index is 0.00232. The van der Waals surface area contributed by atoms with E-state index in [-0.39, 0.29) is 43.8 Å². The van der Waals surface area contributed by atoms with Crippen LogP contribution < -0.4 is 13.7 Å². The van der Waals surface area contributed by atoms with Crippen molar-refractivity contribution in [1.29, 1.82) is 0 Å². The summed E-state index contributed by atoms with van der Waals surface area (Å²) in [7, 11) is -2.54. The first-order valence-electron chi connectivity index (χ1n) is 14.4.